The minimum Gasteiger partial charge on any atom is -0.378 e. The van der Waals surface area contributed by atoms with E-state index < -0.39 is 0 Å². The first-order valence-corrected chi connectivity index (χ1v) is 10.2. The number of benzene rings is 1. The quantitative estimate of drug-likeness (QED) is 0.541. The molecule has 7 heteroatoms. The summed E-state index contributed by atoms with van der Waals surface area (Å²) < 4.78 is 7.97. The maximum atomic E-state index is 5.98. The molecule has 0 aliphatic heterocycles. The zero-order valence-electron chi connectivity index (χ0n) is 17.4. The molecule has 1 aliphatic carbocycles. The Morgan fingerprint density at radius 2 is 2.00 bits per heavy atom. The third-order valence-corrected chi connectivity index (χ3v) is 6.07. The van der Waals surface area contributed by atoms with Crippen LogP contribution in [0.25, 0.3) is 5.69 Å². The summed E-state index contributed by atoms with van der Waals surface area (Å²) in [5.74, 6) is 1.63. The monoisotopic (exact) mass is 384 g/mol. The van der Waals surface area contributed by atoms with E-state index in [2.05, 4.69) is 46.6 Å². The van der Waals surface area contributed by atoms with Crippen LogP contribution in [0.4, 0.5) is 0 Å². The smallest absolute Gasteiger partial charge is 0.191 e. The molecule has 1 aromatic carbocycles. The van der Waals surface area contributed by atoms with Gasteiger partial charge in [0.1, 0.15) is 6.33 Å². The topological polar surface area (TPSA) is 76.4 Å². The highest BCUT2D eigenvalue weighted by Gasteiger charge is 2.53. The fraction of sp³-hybridized carbons (Fsp3) is 0.571. The molecule has 3 rings (SSSR count). The van der Waals surface area contributed by atoms with E-state index in [1.165, 1.54) is 0 Å². The molecular formula is C21H32N6O. The van der Waals surface area contributed by atoms with E-state index in [4.69, 9.17) is 4.74 Å². The summed E-state index contributed by atoms with van der Waals surface area (Å²) in [6, 6.07) is 10.5. The second-order valence-corrected chi connectivity index (χ2v) is 7.20. The number of aliphatic imine (C=N–C) groups is 1. The highest BCUT2D eigenvalue weighted by Crippen LogP contribution is 2.48. The van der Waals surface area contributed by atoms with Gasteiger partial charge in [-0.1, -0.05) is 32.0 Å². The zero-order chi connectivity index (χ0) is 20.0. The Bertz CT molecular complexity index is 768. The molecule has 7 nitrogen and oxygen atoms in total. The average Bonchev–Trinajstić information content (AvgIpc) is 3.20. The Kier molecular flexibility index (Phi) is 6.67. The Balaban J connectivity index is 1.63. The summed E-state index contributed by atoms with van der Waals surface area (Å²) in [5.41, 5.74) is 1.21. The van der Waals surface area contributed by atoms with Crippen molar-refractivity contribution in [2.24, 2.45) is 10.4 Å². The molecule has 0 radical (unpaired) electrons. The predicted octanol–water partition coefficient (Wildman–Crippen LogP) is 2.92. The van der Waals surface area contributed by atoms with Crippen LogP contribution in [0.3, 0.4) is 0 Å². The second-order valence-electron chi connectivity index (χ2n) is 7.20. The molecule has 1 aliphatic rings. The van der Waals surface area contributed by atoms with Gasteiger partial charge in [0.05, 0.1) is 12.6 Å². The zero-order valence-corrected chi connectivity index (χ0v) is 17.4. The van der Waals surface area contributed by atoms with Gasteiger partial charge in [-0.2, -0.15) is 0 Å². The molecule has 0 bridgehead atoms. The predicted molar refractivity (Wildman–Crippen MR) is 112 cm³/mol. The number of nitrogens with one attached hydrogen (secondary N) is 2. The molecule has 0 saturated heterocycles. The molecule has 2 unspecified atom stereocenters. The number of hydrogen-bond acceptors (Lipinski definition) is 4. The van der Waals surface area contributed by atoms with Gasteiger partial charge in [0.15, 0.2) is 11.8 Å². The van der Waals surface area contributed by atoms with Crippen molar-refractivity contribution < 1.29 is 4.74 Å². The van der Waals surface area contributed by atoms with Gasteiger partial charge < -0.3 is 15.4 Å². The fourth-order valence-electron chi connectivity index (χ4n) is 4.29. The summed E-state index contributed by atoms with van der Waals surface area (Å²) in [6.45, 7) is 7.88. The van der Waals surface area contributed by atoms with Crippen LogP contribution in [-0.2, 0) is 11.3 Å². The van der Waals surface area contributed by atoms with E-state index >= 15 is 0 Å². The molecule has 28 heavy (non-hydrogen) atoms. The van der Waals surface area contributed by atoms with Gasteiger partial charge >= 0.3 is 0 Å². The maximum absolute atomic E-state index is 5.98. The summed E-state index contributed by atoms with van der Waals surface area (Å²) >= 11 is 0. The first-order valence-electron chi connectivity index (χ1n) is 10.2. The van der Waals surface area contributed by atoms with Crippen LogP contribution >= 0.6 is 0 Å². The van der Waals surface area contributed by atoms with Crippen molar-refractivity contribution in [2.45, 2.75) is 58.7 Å². The first-order chi connectivity index (χ1) is 13.7. The van der Waals surface area contributed by atoms with E-state index in [9.17, 15) is 0 Å². The van der Waals surface area contributed by atoms with Crippen LogP contribution in [0.5, 0.6) is 0 Å². The van der Waals surface area contributed by atoms with Gasteiger partial charge in [-0.3, -0.25) is 9.56 Å². The van der Waals surface area contributed by atoms with E-state index in [0.717, 1.165) is 43.3 Å². The van der Waals surface area contributed by atoms with E-state index in [0.29, 0.717) is 18.7 Å². The minimum atomic E-state index is 0.164. The number of hydrogen-bond donors (Lipinski definition) is 2. The minimum absolute atomic E-state index is 0.164. The highest BCUT2D eigenvalue weighted by molar-refractivity contribution is 5.80. The third-order valence-electron chi connectivity index (χ3n) is 6.07. The Labute approximate surface area is 167 Å². The van der Waals surface area contributed by atoms with Gasteiger partial charge in [0.25, 0.3) is 0 Å². The van der Waals surface area contributed by atoms with E-state index in [-0.39, 0.29) is 5.41 Å². The fourth-order valence-corrected chi connectivity index (χ4v) is 4.29. The largest absolute Gasteiger partial charge is 0.378 e. The van der Waals surface area contributed by atoms with Crippen molar-refractivity contribution in [2.75, 3.05) is 13.7 Å². The molecule has 152 valence electrons. The van der Waals surface area contributed by atoms with Crippen LogP contribution in [0.2, 0.25) is 0 Å². The van der Waals surface area contributed by atoms with Crippen molar-refractivity contribution >= 4 is 5.96 Å². The summed E-state index contributed by atoms with van der Waals surface area (Å²) in [6.07, 6.45) is 5.25. The number of guanidine groups is 1. The lowest BCUT2D eigenvalue weighted by molar-refractivity contribution is -0.133. The van der Waals surface area contributed by atoms with Crippen LogP contribution in [0.1, 0.15) is 45.9 Å². The number of rotatable bonds is 8. The van der Waals surface area contributed by atoms with Crippen molar-refractivity contribution in [3.05, 3.63) is 42.5 Å². The van der Waals surface area contributed by atoms with Crippen LogP contribution in [-0.4, -0.2) is 46.5 Å². The Morgan fingerprint density at radius 1 is 1.25 bits per heavy atom. The number of para-hydroxylation sites is 1. The first kappa shape index (κ1) is 20.3. The number of aromatic nitrogens is 3. The summed E-state index contributed by atoms with van der Waals surface area (Å²) in [5, 5.41) is 15.3. The van der Waals surface area contributed by atoms with E-state index in [1.54, 1.807) is 13.4 Å². The summed E-state index contributed by atoms with van der Waals surface area (Å²) in [4.78, 5) is 4.41. The maximum Gasteiger partial charge on any atom is 0.191 e. The molecule has 1 fully saturated rings. The normalized spacial score (nSPS) is 21.2. The summed E-state index contributed by atoms with van der Waals surface area (Å²) in [7, 11) is 1.80. The molecule has 0 amide bonds. The molecule has 2 atom stereocenters. The van der Waals surface area contributed by atoms with Crippen molar-refractivity contribution in [1.82, 2.24) is 25.4 Å². The van der Waals surface area contributed by atoms with Gasteiger partial charge in [0.2, 0.25) is 0 Å². The van der Waals surface area contributed by atoms with Gasteiger partial charge in [-0.15, -0.1) is 10.2 Å². The lowest BCUT2D eigenvalue weighted by atomic mass is 9.58. The van der Waals surface area contributed by atoms with Crippen molar-refractivity contribution in [3.63, 3.8) is 0 Å². The lowest BCUT2D eigenvalue weighted by Crippen LogP contribution is -2.65. The van der Waals surface area contributed by atoms with Crippen molar-refractivity contribution in [1.29, 1.82) is 0 Å². The van der Waals surface area contributed by atoms with Gasteiger partial charge in [-0.25, -0.2) is 0 Å². The molecule has 0 spiro atoms. The standard InChI is InChI=1S/C21H32N6O/c1-5-21(6-2)17(13-18(21)28-7-3)25-20(22-4)23-14-19-26-24-15-27(19)16-11-9-8-10-12-16/h8-12,15,17-18H,5-7,13-14H2,1-4H3,(H2,22,23,25). The molecule has 1 heterocycles. The van der Waals surface area contributed by atoms with Crippen LogP contribution in [0.15, 0.2) is 41.7 Å². The Hall–Kier alpha value is -2.41. The second kappa shape index (κ2) is 9.19. The van der Waals surface area contributed by atoms with Crippen LogP contribution < -0.4 is 10.6 Å². The molecule has 1 aromatic heterocycles. The molecule has 2 aromatic rings. The number of ether oxygens (including phenoxy) is 1. The van der Waals surface area contributed by atoms with E-state index in [1.807, 2.05) is 34.9 Å². The van der Waals surface area contributed by atoms with Crippen LogP contribution in [0, 0.1) is 5.41 Å². The third kappa shape index (κ3) is 3.90. The highest BCUT2D eigenvalue weighted by atomic mass is 16.5. The molecular weight excluding hydrogens is 352 g/mol. The Morgan fingerprint density at radius 3 is 2.64 bits per heavy atom. The lowest BCUT2D eigenvalue weighted by Gasteiger charge is -2.55. The van der Waals surface area contributed by atoms with Crippen molar-refractivity contribution in [3.8, 4) is 5.69 Å². The van der Waals surface area contributed by atoms with Gasteiger partial charge in [0, 0.05) is 30.8 Å². The molecule has 1 saturated carbocycles. The SMILES string of the molecule is CCOC1CC(NC(=NC)NCc2nncn2-c2ccccc2)C1(CC)CC. The van der Waals surface area contributed by atoms with Gasteiger partial charge in [-0.05, 0) is 38.3 Å². The number of nitrogens with zero attached hydrogens (tertiary/aromatic N) is 4. The molecule has 2 N–H and O–H groups in total. The average molecular weight is 385 g/mol.